The molecule has 3 unspecified atom stereocenters. The number of fused-ring (bicyclic) bond motifs is 2. The Labute approximate surface area is 220 Å². The molecule has 3 aromatic rings. The summed E-state index contributed by atoms with van der Waals surface area (Å²) >= 11 is 0. The third-order valence-electron chi connectivity index (χ3n) is 7.84. The first kappa shape index (κ1) is 25.1. The molecule has 0 N–H and O–H groups in total. The van der Waals surface area contributed by atoms with Crippen LogP contribution in [-0.2, 0) is 9.59 Å². The summed E-state index contributed by atoms with van der Waals surface area (Å²) in [6, 6.07) is 24.3. The van der Waals surface area contributed by atoms with Crippen LogP contribution >= 0.6 is 0 Å². The van der Waals surface area contributed by atoms with Gasteiger partial charge in [-0.1, -0.05) is 91.6 Å². The highest BCUT2D eigenvalue weighted by Gasteiger charge is 2.46. The van der Waals surface area contributed by atoms with Crippen molar-refractivity contribution < 1.29 is 9.59 Å². The van der Waals surface area contributed by atoms with Gasteiger partial charge in [0.25, 0.3) is 0 Å². The van der Waals surface area contributed by atoms with Gasteiger partial charge in [0.1, 0.15) is 5.78 Å². The summed E-state index contributed by atoms with van der Waals surface area (Å²) in [4.78, 5) is 35.0. The Morgan fingerprint density at radius 3 is 2.19 bits per heavy atom. The van der Waals surface area contributed by atoms with Gasteiger partial charge in [0, 0.05) is 18.6 Å². The van der Waals surface area contributed by atoms with Crippen LogP contribution in [-0.4, -0.2) is 17.4 Å². The number of unbranched alkanes of at least 4 members (excludes halogenated alkanes) is 2. The maximum Gasteiger partial charge on any atom is 0.227 e. The van der Waals surface area contributed by atoms with Gasteiger partial charge in [0.05, 0.1) is 23.3 Å². The third-order valence-corrected chi connectivity index (χ3v) is 7.84. The summed E-state index contributed by atoms with van der Waals surface area (Å²) < 4.78 is 0. The van der Waals surface area contributed by atoms with Gasteiger partial charge >= 0.3 is 0 Å². The predicted molar refractivity (Wildman–Crippen MR) is 151 cm³/mol. The predicted octanol–water partition coefficient (Wildman–Crippen LogP) is 7.81. The topological polar surface area (TPSA) is 49.7 Å². The fourth-order valence-electron chi connectivity index (χ4n) is 5.81. The van der Waals surface area contributed by atoms with Crippen LogP contribution < -0.4 is 4.90 Å². The van der Waals surface area contributed by atoms with Gasteiger partial charge < -0.3 is 4.90 Å². The highest BCUT2D eigenvalue weighted by atomic mass is 16.2. The highest BCUT2D eigenvalue weighted by Crippen LogP contribution is 2.47. The molecular formula is C33H36N2O2. The molecule has 190 valence electrons. The average molecular weight is 493 g/mol. The molecule has 0 saturated heterocycles. The molecule has 1 aliphatic carbocycles. The minimum atomic E-state index is -0.452. The number of amides is 1. The number of anilines is 1. The Balaban J connectivity index is 1.62. The number of ketones is 1. The van der Waals surface area contributed by atoms with Crippen molar-refractivity contribution in [2.45, 2.75) is 71.3 Å². The van der Waals surface area contributed by atoms with E-state index in [0.29, 0.717) is 19.3 Å². The maximum atomic E-state index is 14.0. The Morgan fingerprint density at radius 2 is 1.51 bits per heavy atom. The average Bonchev–Trinajstić information content (AvgIpc) is 3.04. The van der Waals surface area contributed by atoms with E-state index in [9.17, 15) is 9.59 Å². The van der Waals surface area contributed by atoms with Crippen LogP contribution in [0.25, 0.3) is 0 Å². The van der Waals surface area contributed by atoms with Crippen LogP contribution in [0.4, 0.5) is 11.4 Å². The van der Waals surface area contributed by atoms with Gasteiger partial charge in [-0.15, -0.1) is 0 Å². The number of nitrogens with zero attached hydrogens (tertiary/aromatic N) is 2. The zero-order chi connectivity index (χ0) is 25.9. The van der Waals surface area contributed by atoms with E-state index < -0.39 is 12.0 Å². The fourth-order valence-corrected chi connectivity index (χ4v) is 5.81. The van der Waals surface area contributed by atoms with Crippen molar-refractivity contribution in [3.05, 3.63) is 95.1 Å². The summed E-state index contributed by atoms with van der Waals surface area (Å²) in [5.74, 6) is -0.121. The lowest BCUT2D eigenvalue weighted by molar-refractivity contribution is -0.123. The molecule has 3 atom stereocenters. The van der Waals surface area contributed by atoms with Crippen molar-refractivity contribution in [1.82, 2.24) is 0 Å². The molecule has 4 heteroatoms. The molecule has 1 amide bonds. The quantitative estimate of drug-likeness (QED) is 0.330. The van der Waals surface area contributed by atoms with Crippen LogP contribution in [0.5, 0.6) is 0 Å². The Bertz CT molecular complexity index is 1310. The van der Waals surface area contributed by atoms with Crippen molar-refractivity contribution in [1.29, 1.82) is 0 Å². The molecule has 3 aromatic carbocycles. The Hall–Kier alpha value is -3.53. The minimum absolute atomic E-state index is 0.0661. The number of carbonyl (C=O) groups is 2. The smallest absolute Gasteiger partial charge is 0.227 e. The van der Waals surface area contributed by atoms with Gasteiger partial charge in [-0.05, 0) is 55.9 Å². The Morgan fingerprint density at radius 1 is 0.865 bits per heavy atom. The number of aryl methyl sites for hydroxylation is 2. The molecule has 1 fully saturated rings. The number of hydrogen-bond donors (Lipinski definition) is 0. The van der Waals surface area contributed by atoms with Gasteiger partial charge in [-0.25, -0.2) is 0 Å². The second-order valence-electron chi connectivity index (χ2n) is 10.6. The van der Waals surface area contributed by atoms with Gasteiger partial charge in [-0.3, -0.25) is 14.6 Å². The van der Waals surface area contributed by atoms with E-state index in [1.807, 2.05) is 29.2 Å². The SMILES string of the molecule is CCCCCC(=O)N1c2ccccc2N=C2CC(c3ccc(C)cc3)CC(=O)C2C1c1ccc(C)cc1. The van der Waals surface area contributed by atoms with Gasteiger partial charge in [-0.2, -0.15) is 0 Å². The van der Waals surface area contributed by atoms with E-state index in [1.54, 1.807) is 0 Å². The molecule has 0 aromatic heterocycles. The summed E-state index contributed by atoms with van der Waals surface area (Å²) in [6.07, 6.45) is 4.55. The molecule has 0 bridgehead atoms. The first-order valence-electron chi connectivity index (χ1n) is 13.6. The Kier molecular flexibility index (Phi) is 7.36. The van der Waals surface area contributed by atoms with Crippen LogP contribution in [0.2, 0.25) is 0 Å². The summed E-state index contributed by atoms with van der Waals surface area (Å²) in [5.41, 5.74) is 7.00. The van der Waals surface area contributed by atoms with Crippen molar-refractivity contribution in [3.63, 3.8) is 0 Å². The number of rotatable bonds is 6. The van der Waals surface area contributed by atoms with E-state index in [0.717, 1.165) is 47.5 Å². The summed E-state index contributed by atoms with van der Waals surface area (Å²) in [5, 5.41) is 0. The fraction of sp³-hybridized carbons (Fsp3) is 0.364. The van der Waals surface area contributed by atoms with Crippen LogP contribution in [0, 0.1) is 19.8 Å². The zero-order valence-corrected chi connectivity index (χ0v) is 22.1. The monoisotopic (exact) mass is 492 g/mol. The lowest BCUT2D eigenvalue weighted by atomic mass is 9.72. The first-order valence-corrected chi connectivity index (χ1v) is 13.6. The lowest BCUT2D eigenvalue weighted by Gasteiger charge is -2.39. The number of para-hydroxylation sites is 2. The van der Waals surface area contributed by atoms with Crippen LogP contribution in [0.15, 0.2) is 77.8 Å². The largest absolute Gasteiger partial charge is 0.302 e. The standard InChI is InChI=1S/C33H36N2O2/c1-4-5-6-11-31(37)35-29-10-8-7-9-27(29)34-28-20-26(24-16-12-22(2)13-17-24)21-30(36)32(28)33(35)25-18-14-23(3)15-19-25/h7-10,12-19,26,32-33H,4-6,11,20-21H2,1-3H3. The van der Waals surface area contributed by atoms with E-state index in [2.05, 4.69) is 69.3 Å². The summed E-state index contributed by atoms with van der Waals surface area (Å²) in [7, 11) is 0. The summed E-state index contributed by atoms with van der Waals surface area (Å²) in [6.45, 7) is 6.28. The zero-order valence-electron chi connectivity index (χ0n) is 22.1. The minimum Gasteiger partial charge on any atom is -0.302 e. The number of Topliss-reactive ketones (excluding diaryl/α,β-unsaturated/α-hetero) is 1. The number of benzene rings is 3. The second kappa shape index (κ2) is 10.8. The molecule has 5 rings (SSSR count). The van der Waals surface area contributed by atoms with Crippen molar-refractivity contribution >= 4 is 28.8 Å². The van der Waals surface area contributed by atoms with Crippen LogP contribution in [0.1, 0.15) is 79.7 Å². The number of carbonyl (C=O) groups excluding carboxylic acids is 2. The molecule has 4 nitrogen and oxygen atoms in total. The molecule has 1 aliphatic heterocycles. The van der Waals surface area contributed by atoms with E-state index in [1.165, 1.54) is 11.1 Å². The molecule has 0 spiro atoms. The number of aliphatic imine (C=N–C) groups is 1. The normalized spacial score (nSPS) is 21.1. The van der Waals surface area contributed by atoms with Crippen molar-refractivity contribution in [2.24, 2.45) is 10.9 Å². The first-order chi connectivity index (χ1) is 18.0. The molecule has 2 aliphatic rings. The molecule has 1 heterocycles. The van der Waals surface area contributed by atoms with E-state index in [4.69, 9.17) is 4.99 Å². The molecule has 0 radical (unpaired) electrons. The lowest BCUT2D eigenvalue weighted by Crippen LogP contribution is -2.45. The van der Waals surface area contributed by atoms with E-state index >= 15 is 0 Å². The van der Waals surface area contributed by atoms with Crippen molar-refractivity contribution in [3.8, 4) is 0 Å². The third kappa shape index (κ3) is 5.16. The van der Waals surface area contributed by atoms with Crippen molar-refractivity contribution in [2.75, 3.05) is 4.90 Å². The van der Waals surface area contributed by atoms with Gasteiger partial charge in [0.2, 0.25) is 5.91 Å². The van der Waals surface area contributed by atoms with Crippen LogP contribution in [0.3, 0.4) is 0 Å². The maximum absolute atomic E-state index is 14.0. The number of hydrogen-bond acceptors (Lipinski definition) is 3. The second-order valence-corrected chi connectivity index (χ2v) is 10.6. The van der Waals surface area contributed by atoms with Gasteiger partial charge in [0.15, 0.2) is 0 Å². The molecular weight excluding hydrogens is 456 g/mol. The molecule has 1 saturated carbocycles. The van der Waals surface area contributed by atoms with E-state index in [-0.39, 0.29) is 17.6 Å². The molecule has 37 heavy (non-hydrogen) atoms. The highest BCUT2D eigenvalue weighted by molar-refractivity contribution is 6.13.